The number of carbonyl (C=O) groups is 1. The highest BCUT2D eigenvalue weighted by Crippen LogP contribution is 2.43. The minimum absolute atomic E-state index is 0.0858. The largest absolute Gasteiger partial charge is 0.472 e. The lowest BCUT2D eigenvalue weighted by atomic mass is 10.1. The molecule has 330 valence electrons. The van der Waals surface area contributed by atoms with E-state index < -0.39 is 13.9 Å². The molecule has 0 aromatic rings. The summed E-state index contributed by atoms with van der Waals surface area (Å²) in [5.74, 6) is -0.324. The molecule has 0 saturated carbocycles. The Kier molecular flexibility index (Phi) is 39.6. The SMILES string of the molecule is CCCCC/C=C\C/C=C\CCCCCCCCCCOCC(COP(=O)(O)OCC[N+](C)(C)C)OC(=O)CCCCCCC/C=C\CCCCCCCCC. The highest BCUT2D eigenvalue weighted by atomic mass is 31.2. The Hall–Kier alpha value is -1.28. The number of nitrogens with zero attached hydrogens (tertiary/aromatic N) is 1. The van der Waals surface area contributed by atoms with E-state index >= 15 is 0 Å². The molecule has 0 heterocycles. The van der Waals surface area contributed by atoms with Crippen LogP contribution in [0.15, 0.2) is 36.5 Å². The van der Waals surface area contributed by atoms with Gasteiger partial charge in [-0.05, 0) is 70.6 Å². The van der Waals surface area contributed by atoms with Gasteiger partial charge in [0, 0.05) is 13.0 Å². The average molecular weight is 813 g/mol. The molecule has 0 aromatic heterocycles. The summed E-state index contributed by atoms with van der Waals surface area (Å²) in [5.41, 5.74) is 0. The van der Waals surface area contributed by atoms with Crippen molar-refractivity contribution in [3.63, 3.8) is 0 Å². The number of ether oxygens (including phenoxy) is 2. The number of phosphoric acid groups is 1. The molecule has 0 aromatic carbocycles. The number of hydrogen-bond acceptors (Lipinski definition) is 6. The second-order valence-electron chi connectivity index (χ2n) is 16.8. The molecule has 0 radical (unpaired) electrons. The molecule has 9 heteroatoms. The molecule has 8 nitrogen and oxygen atoms in total. The Morgan fingerprint density at radius 2 is 0.982 bits per heavy atom. The molecule has 0 saturated heterocycles. The summed E-state index contributed by atoms with van der Waals surface area (Å²) < 4.78 is 35.0. The van der Waals surface area contributed by atoms with E-state index in [-0.39, 0.29) is 25.8 Å². The lowest BCUT2D eigenvalue weighted by Crippen LogP contribution is -2.37. The highest BCUT2D eigenvalue weighted by molar-refractivity contribution is 7.47. The minimum atomic E-state index is -4.28. The second-order valence-corrected chi connectivity index (χ2v) is 18.2. The maximum absolute atomic E-state index is 12.7. The maximum Gasteiger partial charge on any atom is 0.472 e. The minimum Gasteiger partial charge on any atom is -0.457 e. The van der Waals surface area contributed by atoms with Gasteiger partial charge in [0.25, 0.3) is 0 Å². The molecule has 56 heavy (non-hydrogen) atoms. The second kappa shape index (κ2) is 40.5. The van der Waals surface area contributed by atoms with Gasteiger partial charge in [-0.1, -0.05) is 159 Å². The number of rotatable bonds is 43. The van der Waals surface area contributed by atoms with E-state index in [0.29, 0.717) is 24.1 Å². The monoisotopic (exact) mass is 813 g/mol. The number of esters is 1. The van der Waals surface area contributed by atoms with Crippen LogP contribution in [0.5, 0.6) is 0 Å². The van der Waals surface area contributed by atoms with Crippen molar-refractivity contribution in [2.45, 2.75) is 206 Å². The predicted molar refractivity (Wildman–Crippen MR) is 238 cm³/mol. The van der Waals surface area contributed by atoms with Gasteiger partial charge in [-0.15, -0.1) is 0 Å². The van der Waals surface area contributed by atoms with E-state index in [4.69, 9.17) is 18.5 Å². The summed E-state index contributed by atoms with van der Waals surface area (Å²) in [4.78, 5) is 22.9. The fourth-order valence-electron chi connectivity index (χ4n) is 6.28. The standard InChI is InChI=1S/C47H90NO7P/c1-6-8-10-12-14-16-18-20-22-24-25-27-29-31-33-35-37-39-42-52-44-46(45-54-56(50,51)53-43-41-48(3,4)5)55-47(49)40-38-36-34-32-30-28-26-23-21-19-17-15-13-11-9-7-2/h14,16,20,22-23,26,46H,6-13,15,17-19,21,24-25,27-45H2,1-5H3/p+1/b16-14-,22-20-,26-23-. The van der Waals surface area contributed by atoms with Crippen LogP contribution in [0, 0.1) is 0 Å². The summed E-state index contributed by atoms with van der Waals surface area (Å²) in [6, 6.07) is 0. The van der Waals surface area contributed by atoms with Crippen molar-refractivity contribution in [3.8, 4) is 0 Å². The van der Waals surface area contributed by atoms with Crippen LogP contribution in [0.4, 0.5) is 0 Å². The zero-order valence-corrected chi connectivity index (χ0v) is 38.3. The van der Waals surface area contributed by atoms with Gasteiger partial charge in [0.05, 0.1) is 34.4 Å². The first kappa shape index (κ1) is 54.7. The Labute approximate surface area is 346 Å². The van der Waals surface area contributed by atoms with Crippen LogP contribution < -0.4 is 0 Å². The van der Waals surface area contributed by atoms with Gasteiger partial charge >= 0.3 is 13.8 Å². The van der Waals surface area contributed by atoms with Gasteiger partial charge in [-0.2, -0.15) is 0 Å². The van der Waals surface area contributed by atoms with Gasteiger partial charge in [0.15, 0.2) is 0 Å². The normalized spacial score (nSPS) is 14.0. The first-order valence-electron chi connectivity index (χ1n) is 23.2. The van der Waals surface area contributed by atoms with Gasteiger partial charge < -0.3 is 18.9 Å². The third kappa shape index (κ3) is 43.8. The fraction of sp³-hybridized carbons (Fsp3) is 0.851. The molecular weight excluding hydrogens is 721 g/mol. The summed E-state index contributed by atoms with van der Waals surface area (Å²) in [6.45, 7) is 5.59. The third-order valence-electron chi connectivity index (χ3n) is 9.92. The smallest absolute Gasteiger partial charge is 0.457 e. The first-order valence-corrected chi connectivity index (χ1v) is 24.7. The number of hydrogen-bond donors (Lipinski definition) is 1. The topological polar surface area (TPSA) is 91.3 Å². The van der Waals surface area contributed by atoms with E-state index in [1.807, 2.05) is 21.1 Å². The van der Waals surface area contributed by atoms with Crippen molar-refractivity contribution >= 4 is 13.8 Å². The Balaban J connectivity index is 4.22. The third-order valence-corrected chi connectivity index (χ3v) is 10.9. The molecule has 0 spiro atoms. The zero-order chi connectivity index (χ0) is 41.3. The van der Waals surface area contributed by atoms with Crippen LogP contribution in [-0.2, 0) is 27.9 Å². The van der Waals surface area contributed by atoms with Crippen molar-refractivity contribution in [2.24, 2.45) is 0 Å². The molecule has 0 bridgehead atoms. The molecule has 2 atom stereocenters. The molecule has 0 aliphatic heterocycles. The molecule has 2 unspecified atom stereocenters. The average Bonchev–Trinajstić information content (AvgIpc) is 3.15. The van der Waals surface area contributed by atoms with E-state index in [9.17, 15) is 14.3 Å². The first-order chi connectivity index (χ1) is 27.1. The molecule has 0 aliphatic rings. The quantitative estimate of drug-likeness (QED) is 0.0215. The van der Waals surface area contributed by atoms with Crippen LogP contribution in [-0.4, -0.2) is 75.6 Å². The molecule has 0 aliphatic carbocycles. The Bertz CT molecular complexity index is 994. The number of likely N-dealkylation sites (N-methyl/N-ethyl adjacent to an activating group) is 1. The molecular formula is C47H91NO7P+. The van der Waals surface area contributed by atoms with Crippen LogP contribution in [0.25, 0.3) is 0 Å². The Morgan fingerprint density at radius 1 is 0.554 bits per heavy atom. The van der Waals surface area contributed by atoms with E-state index in [0.717, 1.165) is 51.4 Å². The van der Waals surface area contributed by atoms with E-state index in [2.05, 4.69) is 50.3 Å². The number of unbranched alkanes of at least 4 members (excludes halogenated alkanes) is 23. The van der Waals surface area contributed by atoms with Gasteiger partial charge in [-0.3, -0.25) is 13.8 Å². The summed E-state index contributed by atoms with van der Waals surface area (Å²) in [6.07, 6.45) is 47.4. The number of allylic oxidation sites excluding steroid dienone is 6. The van der Waals surface area contributed by atoms with Crippen molar-refractivity contribution < 1.29 is 37.3 Å². The van der Waals surface area contributed by atoms with Gasteiger partial charge in [-0.25, -0.2) is 4.57 Å². The molecule has 1 N–H and O–H groups in total. The number of quaternary nitrogens is 1. The molecule has 0 fully saturated rings. The van der Waals surface area contributed by atoms with Crippen LogP contribution >= 0.6 is 7.82 Å². The van der Waals surface area contributed by atoms with Crippen LogP contribution in [0.3, 0.4) is 0 Å². The summed E-state index contributed by atoms with van der Waals surface area (Å²) >= 11 is 0. The van der Waals surface area contributed by atoms with E-state index in [1.54, 1.807) is 0 Å². The van der Waals surface area contributed by atoms with E-state index in [1.165, 1.54) is 128 Å². The zero-order valence-electron chi connectivity index (χ0n) is 37.4. The van der Waals surface area contributed by atoms with Crippen molar-refractivity contribution in [3.05, 3.63) is 36.5 Å². The molecule has 0 rings (SSSR count). The Morgan fingerprint density at radius 3 is 1.50 bits per heavy atom. The maximum atomic E-state index is 12.7. The van der Waals surface area contributed by atoms with Crippen molar-refractivity contribution in [1.82, 2.24) is 0 Å². The predicted octanol–water partition coefficient (Wildman–Crippen LogP) is 13.8. The lowest BCUT2D eigenvalue weighted by molar-refractivity contribution is -0.870. The van der Waals surface area contributed by atoms with Crippen molar-refractivity contribution in [2.75, 3.05) is 54.1 Å². The van der Waals surface area contributed by atoms with Crippen LogP contribution in [0.1, 0.15) is 200 Å². The fourth-order valence-corrected chi connectivity index (χ4v) is 7.02. The van der Waals surface area contributed by atoms with Gasteiger partial charge in [0.2, 0.25) is 0 Å². The van der Waals surface area contributed by atoms with Crippen LogP contribution in [0.2, 0.25) is 0 Å². The summed E-state index contributed by atoms with van der Waals surface area (Å²) in [7, 11) is 1.66. The highest BCUT2D eigenvalue weighted by Gasteiger charge is 2.26. The molecule has 0 amide bonds. The summed E-state index contributed by atoms with van der Waals surface area (Å²) in [5, 5.41) is 0. The number of carbonyl (C=O) groups excluding carboxylic acids is 1. The van der Waals surface area contributed by atoms with Gasteiger partial charge in [0.1, 0.15) is 19.3 Å². The number of phosphoric ester groups is 1. The lowest BCUT2D eigenvalue weighted by Gasteiger charge is -2.24. The van der Waals surface area contributed by atoms with Crippen molar-refractivity contribution in [1.29, 1.82) is 0 Å².